The molecule has 1 rings (SSSR count). The number of aryl methyl sites for hydroxylation is 1. The number of carbonyl (C=O) groups excluding carboxylic acids is 1. The predicted molar refractivity (Wildman–Crippen MR) is 46.4 cm³/mol. The quantitative estimate of drug-likeness (QED) is 0.457. The van der Waals surface area contributed by atoms with Crippen LogP contribution in [0.15, 0.2) is 18.2 Å². The molecule has 0 aliphatic carbocycles. The fraction of sp³-hybridized carbons (Fsp3) is 0.125. The van der Waals surface area contributed by atoms with Gasteiger partial charge in [-0.1, -0.05) is 17.7 Å². The lowest BCUT2D eigenvalue weighted by Gasteiger charge is -2.03. The number of hydrogen-bond donors (Lipinski definition) is 2. The van der Waals surface area contributed by atoms with Crippen LogP contribution >= 0.6 is 0 Å². The van der Waals surface area contributed by atoms with Crippen LogP contribution in [0.3, 0.4) is 0 Å². The maximum Gasteiger partial charge on any atom is 0.488 e. The molecule has 0 bridgehead atoms. The molecular formula is C8H9BO3. The lowest BCUT2D eigenvalue weighted by atomic mass is 9.77. The van der Waals surface area contributed by atoms with E-state index in [9.17, 15) is 4.79 Å². The highest BCUT2D eigenvalue weighted by atomic mass is 16.4. The lowest BCUT2D eigenvalue weighted by Crippen LogP contribution is -2.32. The molecule has 62 valence electrons. The molecule has 4 heteroatoms. The first-order valence-corrected chi connectivity index (χ1v) is 3.57. The van der Waals surface area contributed by atoms with Crippen LogP contribution in [0.25, 0.3) is 0 Å². The van der Waals surface area contributed by atoms with Gasteiger partial charge >= 0.3 is 7.12 Å². The van der Waals surface area contributed by atoms with Gasteiger partial charge in [-0.05, 0) is 18.5 Å². The summed E-state index contributed by atoms with van der Waals surface area (Å²) in [5.41, 5.74) is 1.67. The Hall–Kier alpha value is -1.13. The van der Waals surface area contributed by atoms with Crippen molar-refractivity contribution in [3.63, 3.8) is 0 Å². The second-order valence-corrected chi connectivity index (χ2v) is 2.61. The number of carbonyl (C=O) groups is 1. The normalized spacial score (nSPS) is 9.58. The summed E-state index contributed by atoms with van der Waals surface area (Å²) in [5.74, 6) is 0. The molecule has 0 spiro atoms. The molecule has 0 atom stereocenters. The first kappa shape index (κ1) is 8.97. The van der Waals surface area contributed by atoms with Gasteiger partial charge in [-0.15, -0.1) is 0 Å². The highest BCUT2D eigenvalue weighted by molar-refractivity contribution is 6.59. The van der Waals surface area contributed by atoms with E-state index in [1.165, 1.54) is 6.07 Å². The highest BCUT2D eigenvalue weighted by Gasteiger charge is 2.13. The first-order chi connectivity index (χ1) is 5.65. The van der Waals surface area contributed by atoms with Gasteiger partial charge in [0.15, 0.2) is 0 Å². The fourth-order valence-electron chi connectivity index (χ4n) is 1.06. The standard InChI is InChI=1S/C8H9BO3/c1-6-4-7(5-10)2-3-8(6)9(11)12/h2-5,11-12H,1H3. The van der Waals surface area contributed by atoms with E-state index in [4.69, 9.17) is 10.0 Å². The molecule has 1 aromatic carbocycles. The van der Waals surface area contributed by atoms with Crippen LogP contribution in [0.4, 0.5) is 0 Å². The molecule has 0 saturated heterocycles. The first-order valence-electron chi connectivity index (χ1n) is 3.57. The SMILES string of the molecule is Cc1cc(C=O)ccc1B(O)O. The van der Waals surface area contributed by atoms with Crippen LogP contribution in [0, 0.1) is 6.92 Å². The minimum absolute atomic E-state index is 0.431. The van der Waals surface area contributed by atoms with Crippen molar-refractivity contribution in [2.75, 3.05) is 0 Å². The summed E-state index contributed by atoms with van der Waals surface area (Å²) in [6, 6.07) is 4.69. The molecule has 0 unspecified atom stereocenters. The van der Waals surface area contributed by atoms with Crippen LogP contribution in [-0.4, -0.2) is 23.5 Å². The Morgan fingerprint density at radius 2 is 2.08 bits per heavy atom. The average Bonchev–Trinajstić information content (AvgIpc) is 2.03. The molecule has 0 amide bonds. The van der Waals surface area contributed by atoms with Crippen molar-refractivity contribution in [1.82, 2.24) is 0 Å². The third-order valence-corrected chi connectivity index (χ3v) is 1.71. The predicted octanol–water partition coefficient (Wildman–Crippen LogP) is -0.513. The third-order valence-electron chi connectivity index (χ3n) is 1.71. The summed E-state index contributed by atoms with van der Waals surface area (Å²) in [5, 5.41) is 17.7. The Labute approximate surface area is 70.8 Å². The van der Waals surface area contributed by atoms with Gasteiger partial charge in [0.1, 0.15) is 6.29 Å². The molecular weight excluding hydrogens is 155 g/mol. The second kappa shape index (κ2) is 3.52. The summed E-state index contributed by atoms with van der Waals surface area (Å²) >= 11 is 0. The lowest BCUT2D eigenvalue weighted by molar-refractivity contribution is 0.112. The van der Waals surface area contributed by atoms with E-state index in [-0.39, 0.29) is 0 Å². The number of rotatable bonds is 2. The van der Waals surface area contributed by atoms with E-state index in [0.29, 0.717) is 16.6 Å². The monoisotopic (exact) mass is 164 g/mol. The second-order valence-electron chi connectivity index (χ2n) is 2.61. The molecule has 0 aromatic heterocycles. The van der Waals surface area contributed by atoms with Gasteiger partial charge in [0.2, 0.25) is 0 Å². The molecule has 0 aliphatic rings. The minimum Gasteiger partial charge on any atom is -0.423 e. The third kappa shape index (κ3) is 1.72. The molecule has 2 N–H and O–H groups in total. The molecule has 12 heavy (non-hydrogen) atoms. The van der Waals surface area contributed by atoms with E-state index < -0.39 is 7.12 Å². The van der Waals surface area contributed by atoms with E-state index >= 15 is 0 Å². The zero-order valence-corrected chi connectivity index (χ0v) is 6.69. The van der Waals surface area contributed by atoms with Crippen molar-refractivity contribution in [3.05, 3.63) is 29.3 Å². The topological polar surface area (TPSA) is 57.5 Å². The highest BCUT2D eigenvalue weighted by Crippen LogP contribution is 1.99. The van der Waals surface area contributed by atoms with Gasteiger partial charge in [-0.25, -0.2) is 0 Å². The average molecular weight is 164 g/mol. The van der Waals surface area contributed by atoms with Gasteiger partial charge in [-0.2, -0.15) is 0 Å². The van der Waals surface area contributed by atoms with E-state index in [1.54, 1.807) is 19.1 Å². The van der Waals surface area contributed by atoms with Crippen molar-refractivity contribution >= 4 is 18.9 Å². The summed E-state index contributed by atoms with van der Waals surface area (Å²) in [6.07, 6.45) is 0.723. The van der Waals surface area contributed by atoms with Crippen LogP contribution in [0.2, 0.25) is 0 Å². The van der Waals surface area contributed by atoms with Gasteiger partial charge < -0.3 is 10.0 Å². The number of hydrogen-bond acceptors (Lipinski definition) is 3. The maximum absolute atomic E-state index is 10.3. The number of benzene rings is 1. The van der Waals surface area contributed by atoms with Crippen molar-refractivity contribution in [2.45, 2.75) is 6.92 Å². The Morgan fingerprint density at radius 1 is 1.42 bits per heavy atom. The van der Waals surface area contributed by atoms with Crippen LogP contribution in [0.5, 0.6) is 0 Å². The van der Waals surface area contributed by atoms with Gasteiger partial charge in [0.25, 0.3) is 0 Å². The van der Waals surface area contributed by atoms with Gasteiger partial charge in [0.05, 0.1) is 0 Å². The number of aldehydes is 1. The van der Waals surface area contributed by atoms with Crippen molar-refractivity contribution in [3.8, 4) is 0 Å². The Morgan fingerprint density at radius 3 is 2.50 bits per heavy atom. The van der Waals surface area contributed by atoms with Crippen LogP contribution in [0.1, 0.15) is 15.9 Å². The van der Waals surface area contributed by atoms with Crippen molar-refractivity contribution in [2.24, 2.45) is 0 Å². The zero-order valence-electron chi connectivity index (χ0n) is 6.69. The van der Waals surface area contributed by atoms with E-state index in [2.05, 4.69) is 0 Å². The summed E-state index contributed by atoms with van der Waals surface area (Å²) in [4.78, 5) is 10.3. The van der Waals surface area contributed by atoms with E-state index in [0.717, 1.165) is 6.29 Å². The Kier molecular flexibility index (Phi) is 2.63. The summed E-state index contributed by atoms with van der Waals surface area (Å²) < 4.78 is 0. The molecule has 0 radical (unpaired) electrons. The molecule has 1 aromatic rings. The molecule has 0 fully saturated rings. The minimum atomic E-state index is -1.47. The van der Waals surface area contributed by atoms with Gasteiger partial charge in [-0.3, -0.25) is 4.79 Å². The van der Waals surface area contributed by atoms with Crippen LogP contribution < -0.4 is 5.46 Å². The maximum atomic E-state index is 10.3. The zero-order chi connectivity index (χ0) is 9.14. The smallest absolute Gasteiger partial charge is 0.423 e. The molecule has 0 saturated carbocycles. The molecule has 3 nitrogen and oxygen atoms in total. The summed E-state index contributed by atoms with van der Waals surface area (Å²) in [7, 11) is -1.47. The van der Waals surface area contributed by atoms with E-state index in [1.807, 2.05) is 0 Å². The summed E-state index contributed by atoms with van der Waals surface area (Å²) in [6.45, 7) is 1.72. The molecule has 0 aliphatic heterocycles. The molecule has 0 heterocycles. The Balaban J connectivity index is 3.11. The van der Waals surface area contributed by atoms with Crippen molar-refractivity contribution in [1.29, 1.82) is 0 Å². The fourth-order valence-corrected chi connectivity index (χ4v) is 1.06. The van der Waals surface area contributed by atoms with Crippen LogP contribution in [-0.2, 0) is 0 Å². The largest absolute Gasteiger partial charge is 0.488 e. The Bertz CT molecular complexity index is 296. The van der Waals surface area contributed by atoms with Gasteiger partial charge in [0, 0.05) is 5.56 Å². The van der Waals surface area contributed by atoms with Crippen molar-refractivity contribution < 1.29 is 14.8 Å².